The van der Waals surface area contributed by atoms with Crippen LogP contribution in [0.2, 0.25) is 0 Å². The number of aryl methyl sites for hydroxylation is 2. The van der Waals surface area contributed by atoms with Crippen LogP contribution in [0.3, 0.4) is 0 Å². The topological polar surface area (TPSA) is 115 Å². The highest BCUT2D eigenvalue weighted by atomic mass is 16.4. The summed E-state index contributed by atoms with van der Waals surface area (Å²) < 4.78 is 0. The van der Waals surface area contributed by atoms with Crippen LogP contribution >= 0.6 is 0 Å². The highest BCUT2D eigenvalue weighted by Crippen LogP contribution is 2.39. The van der Waals surface area contributed by atoms with Crippen molar-refractivity contribution in [2.24, 2.45) is 0 Å². The Bertz CT molecular complexity index is 955. The first-order chi connectivity index (χ1) is 15.1. The molecule has 0 saturated heterocycles. The minimum atomic E-state index is -0.888. The Balaban J connectivity index is 2.61. The summed E-state index contributed by atoms with van der Waals surface area (Å²) in [7, 11) is 0. The van der Waals surface area contributed by atoms with Gasteiger partial charge in [-0.2, -0.15) is 0 Å². The summed E-state index contributed by atoms with van der Waals surface area (Å²) in [4.78, 5) is 22.2. The number of carboxylic acid groups (broad SMARTS) is 2. The molecule has 0 aliphatic rings. The van der Waals surface area contributed by atoms with Crippen molar-refractivity contribution in [3.05, 3.63) is 57.6 Å². The van der Waals surface area contributed by atoms with Crippen LogP contribution in [0.15, 0.2) is 24.3 Å². The number of benzene rings is 2. The van der Waals surface area contributed by atoms with Crippen LogP contribution in [0.5, 0.6) is 11.5 Å². The summed E-state index contributed by atoms with van der Waals surface area (Å²) in [6.45, 7) is 11.9. The van der Waals surface area contributed by atoms with Gasteiger partial charge in [0.05, 0.1) is 0 Å². The first-order valence-corrected chi connectivity index (χ1v) is 11.2. The van der Waals surface area contributed by atoms with E-state index in [1.807, 2.05) is 53.7 Å². The van der Waals surface area contributed by atoms with Crippen LogP contribution in [-0.4, -0.2) is 32.4 Å². The summed E-state index contributed by atoms with van der Waals surface area (Å²) >= 11 is 0. The molecule has 0 bridgehead atoms. The van der Waals surface area contributed by atoms with Gasteiger partial charge >= 0.3 is 11.9 Å². The standard InChI is InChI=1S/C27H36O6/c1-26(2,3)20-13-16(7-9-22(28)29)11-18(24(20)32)15-19-12-17(8-10-23(30)31)14-21(25(19)33)27(4,5)6/h11-14,32-33H,7-10,15H2,1-6H3,(H,28,29)(H,30,31). The second-order valence-electron chi connectivity index (χ2n) is 10.8. The number of aromatic hydroxyl groups is 2. The van der Waals surface area contributed by atoms with E-state index < -0.39 is 11.9 Å². The van der Waals surface area contributed by atoms with Crippen LogP contribution in [0.25, 0.3) is 0 Å². The summed E-state index contributed by atoms with van der Waals surface area (Å²) in [6.07, 6.45) is 0.884. The first-order valence-electron chi connectivity index (χ1n) is 11.2. The molecule has 0 radical (unpaired) electrons. The van der Waals surface area contributed by atoms with Crippen molar-refractivity contribution in [1.82, 2.24) is 0 Å². The average Bonchev–Trinajstić information content (AvgIpc) is 2.66. The van der Waals surface area contributed by atoms with Crippen molar-refractivity contribution in [3.63, 3.8) is 0 Å². The van der Waals surface area contributed by atoms with E-state index in [4.69, 9.17) is 10.2 Å². The van der Waals surface area contributed by atoms with Gasteiger partial charge in [0.15, 0.2) is 0 Å². The lowest BCUT2D eigenvalue weighted by atomic mass is 9.81. The molecule has 0 saturated carbocycles. The fourth-order valence-electron chi connectivity index (χ4n) is 3.93. The van der Waals surface area contributed by atoms with Gasteiger partial charge in [0.25, 0.3) is 0 Å². The van der Waals surface area contributed by atoms with E-state index in [0.29, 0.717) is 24.0 Å². The molecule has 6 nitrogen and oxygen atoms in total. The largest absolute Gasteiger partial charge is 0.507 e. The van der Waals surface area contributed by atoms with Gasteiger partial charge in [0.1, 0.15) is 11.5 Å². The monoisotopic (exact) mass is 456 g/mol. The Labute approximate surface area is 195 Å². The molecule has 0 heterocycles. The molecule has 33 heavy (non-hydrogen) atoms. The van der Waals surface area contributed by atoms with Gasteiger partial charge in [-0.1, -0.05) is 65.8 Å². The Morgan fingerprint density at radius 3 is 1.27 bits per heavy atom. The van der Waals surface area contributed by atoms with Gasteiger partial charge in [-0.3, -0.25) is 9.59 Å². The summed E-state index contributed by atoms with van der Waals surface area (Å²) in [5.41, 5.74) is 3.55. The number of hydrogen-bond acceptors (Lipinski definition) is 4. The van der Waals surface area contributed by atoms with Crippen LogP contribution in [0.4, 0.5) is 0 Å². The zero-order valence-electron chi connectivity index (χ0n) is 20.5. The zero-order valence-corrected chi connectivity index (χ0v) is 20.5. The molecule has 180 valence electrons. The maximum absolute atomic E-state index is 11.1. The maximum Gasteiger partial charge on any atom is 0.303 e. The van der Waals surface area contributed by atoms with Gasteiger partial charge in [-0.25, -0.2) is 0 Å². The van der Waals surface area contributed by atoms with Gasteiger partial charge in [-0.15, -0.1) is 0 Å². The zero-order chi connectivity index (χ0) is 25.1. The molecule has 2 rings (SSSR count). The Morgan fingerprint density at radius 1 is 0.667 bits per heavy atom. The van der Waals surface area contributed by atoms with Crippen LogP contribution < -0.4 is 0 Å². The molecule has 0 fully saturated rings. The average molecular weight is 457 g/mol. The molecule has 4 N–H and O–H groups in total. The van der Waals surface area contributed by atoms with E-state index in [0.717, 1.165) is 22.3 Å². The Hall–Kier alpha value is -3.02. The highest BCUT2D eigenvalue weighted by Gasteiger charge is 2.25. The molecule has 2 aromatic rings. The van der Waals surface area contributed by atoms with E-state index in [1.165, 1.54) is 0 Å². The number of carboxylic acids is 2. The van der Waals surface area contributed by atoms with E-state index in [9.17, 15) is 19.8 Å². The molecular weight excluding hydrogens is 420 g/mol. The fraction of sp³-hybridized carbons (Fsp3) is 0.481. The number of aliphatic carboxylic acids is 2. The van der Waals surface area contributed by atoms with Gasteiger partial charge in [-0.05, 0) is 57.1 Å². The predicted octanol–water partition coefficient (Wildman–Crippen LogP) is 5.32. The van der Waals surface area contributed by atoms with Crippen molar-refractivity contribution in [2.75, 3.05) is 0 Å². The predicted molar refractivity (Wildman–Crippen MR) is 128 cm³/mol. The normalized spacial score (nSPS) is 12.1. The molecule has 0 aliphatic carbocycles. The minimum absolute atomic E-state index is 0.0160. The highest BCUT2D eigenvalue weighted by molar-refractivity contribution is 5.67. The fourth-order valence-corrected chi connectivity index (χ4v) is 3.93. The van der Waals surface area contributed by atoms with Crippen molar-refractivity contribution in [3.8, 4) is 11.5 Å². The third-order valence-corrected chi connectivity index (χ3v) is 5.75. The summed E-state index contributed by atoms with van der Waals surface area (Å²) in [5.74, 6) is -1.51. The van der Waals surface area contributed by atoms with Crippen molar-refractivity contribution >= 4 is 11.9 Å². The number of hydrogen-bond donors (Lipinski definition) is 4. The quantitative estimate of drug-likeness (QED) is 0.427. The van der Waals surface area contributed by atoms with Crippen LogP contribution in [-0.2, 0) is 39.7 Å². The lowest BCUT2D eigenvalue weighted by Crippen LogP contribution is -2.14. The molecular formula is C27H36O6. The van der Waals surface area contributed by atoms with Crippen LogP contribution in [0, 0.1) is 0 Å². The van der Waals surface area contributed by atoms with E-state index in [-0.39, 0.29) is 41.6 Å². The molecule has 0 atom stereocenters. The summed E-state index contributed by atoms with van der Waals surface area (Å²) in [6, 6.07) is 7.30. The van der Waals surface area contributed by atoms with Crippen LogP contribution in [0.1, 0.15) is 87.8 Å². The molecule has 2 aromatic carbocycles. The Kier molecular flexibility index (Phi) is 7.83. The number of rotatable bonds is 8. The van der Waals surface area contributed by atoms with Gasteiger partial charge in [0.2, 0.25) is 0 Å². The SMILES string of the molecule is CC(C)(C)c1cc(CCC(=O)O)cc(Cc2cc(CCC(=O)O)cc(C(C)(C)C)c2O)c1O. The molecule has 6 heteroatoms. The lowest BCUT2D eigenvalue weighted by molar-refractivity contribution is -0.138. The smallest absolute Gasteiger partial charge is 0.303 e. The molecule has 0 aliphatic heterocycles. The van der Waals surface area contributed by atoms with Crippen molar-refractivity contribution in [2.45, 2.75) is 84.5 Å². The number of phenols is 2. The maximum atomic E-state index is 11.1. The van der Waals surface area contributed by atoms with E-state index in [2.05, 4.69) is 0 Å². The minimum Gasteiger partial charge on any atom is -0.507 e. The molecule has 0 amide bonds. The third kappa shape index (κ3) is 6.98. The first kappa shape index (κ1) is 26.2. The Morgan fingerprint density at radius 2 is 1.00 bits per heavy atom. The van der Waals surface area contributed by atoms with Crippen molar-refractivity contribution < 1.29 is 30.0 Å². The number of carbonyl (C=O) groups is 2. The summed E-state index contributed by atoms with van der Waals surface area (Å²) in [5, 5.41) is 40.4. The second-order valence-corrected chi connectivity index (χ2v) is 10.8. The lowest BCUT2D eigenvalue weighted by Gasteiger charge is -2.25. The van der Waals surface area contributed by atoms with Gasteiger partial charge < -0.3 is 20.4 Å². The van der Waals surface area contributed by atoms with Crippen molar-refractivity contribution in [1.29, 1.82) is 0 Å². The third-order valence-electron chi connectivity index (χ3n) is 5.75. The molecule has 0 unspecified atom stereocenters. The van der Waals surface area contributed by atoms with E-state index in [1.54, 1.807) is 12.1 Å². The van der Waals surface area contributed by atoms with E-state index >= 15 is 0 Å². The second kappa shape index (κ2) is 9.86. The van der Waals surface area contributed by atoms with Gasteiger partial charge in [0, 0.05) is 19.3 Å². The number of phenolic OH excluding ortho intramolecular Hbond substituents is 2. The molecule has 0 aromatic heterocycles. The molecule has 0 spiro atoms.